The van der Waals surface area contributed by atoms with E-state index in [0.29, 0.717) is 22.6 Å². The lowest BCUT2D eigenvalue weighted by atomic mass is 10.2. The topological polar surface area (TPSA) is 91.8 Å². The summed E-state index contributed by atoms with van der Waals surface area (Å²) in [6, 6.07) is 17.5. The Hall–Kier alpha value is -3.90. The molecule has 0 atom stereocenters. The van der Waals surface area contributed by atoms with Gasteiger partial charge in [-0.2, -0.15) is 15.5 Å². The van der Waals surface area contributed by atoms with Crippen molar-refractivity contribution in [3.05, 3.63) is 72.1 Å². The third-order valence-corrected chi connectivity index (χ3v) is 2.96. The van der Waals surface area contributed by atoms with Gasteiger partial charge in [0.1, 0.15) is 11.5 Å². The molecule has 0 unspecified atom stereocenters. The molecule has 0 aliphatic carbocycles. The lowest BCUT2D eigenvalue weighted by Crippen LogP contribution is -1.94. The maximum atomic E-state index is 8.90. The summed E-state index contributed by atoms with van der Waals surface area (Å²) in [5.41, 5.74) is 0.974. The maximum absolute atomic E-state index is 8.90. The van der Waals surface area contributed by atoms with E-state index in [4.69, 9.17) is 20.0 Å². The fraction of sp³-hybridized carbons (Fsp3) is 0. The molecule has 0 aliphatic heterocycles. The Morgan fingerprint density at radius 2 is 1.25 bits per heavy atom. The van der Waals surface area contributed by atoms with Crippen LogP contribution in [0.4, 0.5) is 0 Å². The molecule has 0 spiro atoms. The first-order valence-corrected chi connectivity index (χ1v) is 6.95. The first-order chi connectivity index (χ1) is 11.8. The summed E-state index contributed by atoms with van der Waals surface area (Å²) in [4.78, 5) is 8.22. The van der Waals surface area contributed by atoms with Gasteiger partial charge >= 0.3 is 0 Å². The first-order valence-electron chi connectivity index (χ1n) is 6.95. The number of hydrogen-bond acceptors (Lipinski definition) is 6. The highest BCUT2D eigenvalue weighted by Crippen LogP contribution is 2.24. The van der Waals surface area contributed by atoms with Crippen molar-refractivity contribution in [1.82, 2.24) is 9.97 Å². The van der Waals surface area contributed by atoms with Crippen molar-refractivity contribution < 1.29 is 9.47 Å². The lowest BCUT2D eigenvalue weighted by Gasteiger charge is -2.07. The molecule has 1 heterocycles. The van der Waals surface area contributed by atoms with Gasteiger partial charge in [-0.05, 0) is 36.4 Å². The predicted octanol–water partition coefficient (Wildman–Crippen LogP) is 3.80. The van der Waals surface area contributed by atoms with Crippen LogP contribution >= 0.6 is 0 Å². The molecule has 6 nitrogen and oxygen atoms in total. The minimum Gasteiger partial charge on any atom is -0.437 e. The second kappa shape index (κ2) is 6.91. The summed E-state index contributed by atoms with van der Waals surface area (Å²) >= 11 is 0. The number of nitrogens with zero attached hydrogens (tertiary/aromatic N) is 4. The third-order valence-electron chi connectivity index (χ3n) is 2.96. The van der Waals surface area contributed by atoms with Crippen molar-refractivity contribution in [2.45, 2.75) is 0 Å². The fourth-order valence-electron chi connectivity index (χ4n) is 1.93. The summed E-state index contributed by atoms with van der Waals surface area (Å²) in [6.45, 7) is 0. The number of nitriles is 2. The van der Waals surface area contributed by atoms with E-state index >= 15 is 0 Å². The largest absolute Gasteiger partial charge is 0.437 e. The molecule has 0 N–H and O–H groups in total. The molecule has 0 fully saturated rings. The van der Waals surface area contributed by atoms with Crippen LogP contribution in [-0.4, -0.2) is 9.97 Å². The van der Waals surface area contributed by atoms with Gasteiger partial charge in [-0.15, -0.1) is 0 Å². The van der Waals surface area contributed by atoms with Crippen molar-refractivity contribution in [3.63, 3.8) is 0 Å². The Labute approximate surface area is 138 Å². The van der Waals surface area contributed by atoms with E-state index in [1.165, 1.54) is 12.4 Å². The van der Waals surface area contributed by atoms with E-state index in [9.17, 15) is 0 Å². The SMILES string of the molecule is N#Cc1cccc(Oc2cncc(Oc3cccc(C#N)c3)n2)c1. The van der Waals surface area contributed by atoms with Crippen LogP contribution in [0.1, 0.15) is 11.1 Å². The van der Waals surface area contributed by atoms with Crippen LogP contribution in [0.3, 0.4) is 0 Å². The molecule has 0 saturated heterocycles. The smallest absolute Gasteiger partial charge is 0.241 e. The van der Waals surface area contributed by atoms with Gasteiger partial charge in [-0.3, -0.25) is 4.98 Å². The molecule has 6 heteroatoms. The number of hydrogen-bond donors (Lipinski definition) is 0. The van der Waals surface area contributed by atoms with Crippen LogP contribution in [0.5, 0.6) is 23.3 Å². The molecule has 3 rings (SSSR count). The molecule has 0 bridgehead atoms. The highest BCUT2D eigenvalue weighted by Gasteiger charge is 2.05. The van der Waals surface area contributed by atoms with E-state index in [2.05, 4.69) is 9.97 Å². The monoisotopic (exact) mass is 314 g/mol. The Kier molecular flexibility index (Phi) is 4.32. The van der Waals surface area contributed by atoms with Crippen molar-refractivity contribution >= 4 is 0 Å². The second-order valence-corrected chi connectivity index (χ2v) is 4.68. The van der Waals surface area contributed by atoms with Gasteiger partial charge in [0, 0.05) is 0 Å². The molecule has 3 aromatic rings. The number of ether oxygens (including phenoxy) is 2. The van der Waals surface area contributed by atoms with Gasteiger partial charge in [0.05, 0.1) is 35.7 Å². The second-order valence-electron chi connectivity index (χ2n) is 4.68. The molecular formula is C18H10N4O2. The van der Waals surface area contributed by atoms with Gasteiger partial charge in [-0.1, -0.05) is 12.1 Å². The number of aromatic nitrogens is 2. The Bertz CT molecular complexity index is 883. The summed E-state index contributed by atoms with van der Waals surface area (Å²) in [5, 5.41) is 17.8. The van der Waals surface area contributed by atoms with Crippen LogP contribution < -0.4 is 9.47 Å². The Morgan fingerprint density at radius 1 is 0.750 bits per heavy atom. The normalized spacial score (nSPS) is 9.58. The van der Waals surface area contributed by atoms with E-state index in [1.54, 1.807) is 48.5 Å². The molecule has 0 amide bonds. The predicted molar refractivity (Wildman–Crippen MR) is 84.5 cm³/mol. The molecule has 2 aromatic carbocycles. The van der Waals surface area contributed by atoms with E-state index in [0.717, 1.165) is 0 Å². The molecule has 1 aromatic heterocycles. The molecule has 24 heavy (non-hydrogen) atoms. The summed E-state index contributed by atoms with van der Waals surface area (Å²) in [7, 11) is 0. The standard InChI is InChI=1S/C18H10N4O2/c19-9-13-3-1-5-15(7-13)23-17-11-21-12-18(22-17)24-16-6-2-4-14(8-16)10-20/h1-8,11-12H. The van der Waals surface area contributed by atoms with E-state index in [-0.39, 0.29) is 11.8 Å². The average Bonchev–Trinajstić information content (AvgIpc) is 2.62. The van der Waals surface area contributed by atoms with Crippen LogP contribution in [0, 0.1) is 22.7 Å². The lowest BCUT2D eigenvalue weighted by molar-refractivity contribution is 0.421. The Morgan fingerprint density at radius 3 is 1.71 bits per heavy atom. The van der Waals surface area contributed by atoms with Crippen molar-refractivity contribution in [2.24, 2.45) is 0 Å². The molecule has 0 radical (unpaired) electrons. The summed E-state index contributed by atoms with van der Waals surface area (Å²) in [6.07, 6.45) is 2.88. The third kappa shape index (κ3) is 3.65. The highest BCUT2D eigenvalue weighted by atomic mass is 16.5. The van der Waals surface area contributed by atoms with Crippen LogP contribution in [-0.2, 0) is 0 Å². The minimum absolute atomic E-state index is 0.235. The van der Waals surface area contributed by atoms with Crippen LogP contribution in [0.15, 0.2) is 60.9 Å². The maximum Gasteiger partial charge on any atom is 0.241 e. The molecule has 0 aliphatic rings. The van der Waals surface area contributed by atoms with Gasteiger partial charge in [0.2, 0.25) is 11.8 Å². The quantitative estimate of drug-likeness (QED) is 0.727. The van der Waals surface area contributed by atoms with Gasteiger partial charge in [0.15, 0.2) is 0 Å². The Balaban J connectivity index is 1.79. The van der Waals surface area contributed by atoms with Crippen LogP contribution in [0.25, 0.3) is 0 Å². The van der Waals surface area contributed by atoms with E-state index in [1.807, 2.05) is 12.1 Å². The summed E-state index contributed by atoms with van der Waals surface area (Å²) < 4.78 is 11.2. The molecule has 114 valence electrons. The minimum atomic E-state index is 0.235. The zero-order valence-corrected chi connectivity index (χ0v) is 12.4. The van der Waals surface area contributed by atoms with Crippen molar-refractivity contribution in [3.8, 4) is 35.4 Å². The van der Waals surface area contributed by atoms with Gasteiger partial charge in [-0.25, -0.2) is 0 Å². The average molecular weight is 314 g/mol. The van der Waals surface area contributed by atoms with Crippen molar-refractivity contribution in [1.29, 1.82) is 10.5 Å². The van der Waals surface area contributed by atoms with Gasteiger partial charge in [0.25, 0.3) is 0 Å². The zero-order valence-electron chi connectivity index (χ0n) is 12.4. The van der Waals surface area contributed by atoms with Gasteiger partial charge < -0.3 is 9.47 Å². The number of benzene rings is 2. The summed E-state index contributed by atoms with van der Waals surface area (Å²) in [5.74, 6) is 1.43. The molecular weight excluding hydrogens is 304 g/mol. The fourth-order valence-corrected chi connectivity index (χ4v) is 1.93. The van der Waals surface area contributed by atoms with E-state index < -0.39 is 0 Å². The number of rotatable bonds is 4. The molecule has 0 saturated carbocycles. The van der Waals surface area contributed by atoms with Crippen LogP contribution in [0.2, 0.25) is 0 Å². The first kappa shape index (κ1) is 15.0. The highest BCUT2D eigenvalue weighted by molar-refractivity contribution is 5.39. The zero-order chi connectivity index (χ0) is 16.8. The van der Waals surface area contributed by atoms with Crippen molar-refractivity contribution in [2.75, 3.05) is 0 Å².